The Labute approximate surface area is 234 Å². The number of thiocarbonyl (C=S) groups is 2. The van der Waals surface area contributed by atoms with Crippen molar-refractivity contribution in [2.75, 3.05) is 11.5 Å². The topological polar surface area (TPSA) is 60.9 Å². The second-order valence-corrected chi connectivity index (χ2v) is 14.7. The van der Waals surface area contributed by atoms with Gasteiger partial charge >= 0.3 is 0 Å². The summed E-state index contributed by atoms with van der Waals surface area (Å²) < 4.78 is 0. The van der Waals surface area contributed by atoms with Crippen LogP contribution < -0.4 is 0 Å². The molecular formula is C27H38N2O3S4. The van der Waals surface area contributed by atoms with E-state index in [1.807, 2.05) is 15.9 Å². The van der Waals surface area contributed by atoms with Gasteiger partial charge in [-0.25, -0.2) is 0 Å². The molecule has 0 aromatic carbocycles. The number of hydrogen-bond donors (Lipinski definition) is 1. The molecule has 198 valence electrons. The summed E-state index contributed by atoms with van der Waals surface area (Å²) in [5.41, 5.74) is -0.749. The van der Waals surface area contributed by atoms with Crippen molar-refractivity contribution in [1.29, 1.82) is 0 Å². The molecule has 0 aromatic heterocycles. The highest BCUT2D eigenvalue weighted by atomic mass is 32.2. The minimum Gasteiger partial charge on any atom is -0.393 e. The molecule has 0 radical (unpaired) electrons. The first-order valence-corrected chi connectivity index (χ1v) is 15.8. The van der Waals surface area contributed by atoms with Crippen LogP contribution in [0.4, 0.5) is 0 Å². The van der Waals surface area contributed by atoms with Crippen molar-refractivity contribution in [3.05, 3.63) is 22.0 Å². The molecule has 2 fully saturated rings. The molecule has 5 nitrogen and oxygen atoms in total. The Bertz CT molecular complexity index is 925. The molecule has 0 spiro atoms. The second-order valence-electron chi connectivity index (χ2n) is 11.6. The number of aliphatic hydroxyl groups excluding tert-OH is 1. The number of rotatable bonds is 10. The Morgan fingerprint density at radius 2 is 1.44 bits per heavy atom. The van der Waals surface area contributed by atoms with Crippen LogP contribution in [0.1, 0.15) is 79.1 Å². The summed E-state index contributed by atoms with van der Waals surface area (Å²) in [6.07, 6.45) is 9.87. The van der Waals surface area contributed by atoms with E-state index in [9.17, 15) is 14.7 Å². The summed E-state index contributed by atoms with van der Waals surface area (Å²) in [6, 6.07) is 0. The summed E-state index contributed by atoms with van der Waals surface area (Å²) in [4.78, 5) is 33.2. The number of aliphatic hydroxyl groups is 1. The van der Waals surface area contributed by atoms with Gasteiger partial charge in [0, 0.05) is 32.9 Å². The molecule has 0 saturated carbocycles. The van der Waals surface area contributed by atoms with Crippen LogP contribution in [0.25, 0.3) is 0 Å². The molecule has 3 unspecified atom stereocenters. The number of amides is 2. The minimum atomic E-state index is -0.403. The fourth-order valence-electron chi connectivity index (χ4n) is 5.85. The zero-order valence-corrected chi connectivity index (χ0v) is 25.0. The van der Waals surface area contributed by atoms with Crippen molar-refractivity contribution < 1.29 is 14.7 Å². The summed E-state index contributed by atoms with van der Waals surface area (Å²) >= 11 is 14.8. The quantitative estimate of drug-likeness (QED) is 0.333. The van der Waals surface area contributed by atoms with Gasteiger partial charge in [0.15, 0.2) is 0 Å². The van der Waals surface area contributed by atoms with Gasteiger partial charge in [-0.2, -0.15) is 0 Å². The summed E-state index contributed by atoms with van der Waals surface area (Å²) in [6.45, 7) is 8.31. The second kappa shape index (κ2) is 11.2. The van der Waals surface area contributed by atoms with Gasteiger partial charge in [-0.1, -0.05) is 24.4 Å². The number of carbonyl (C=O) groups excluding carboxylic acids is 2. The first-order chi connectivity index (χ1) is 16.9. The molecule has 36 heavy (non-hydrogen) atoms. The van der Waals surface area contributed by atoms with E-state index in [1.165, 1.54) is 0 Å². The molecule has 0 aliphatic carbocycles. The lowest BCUT2D eigenvalue weighted by atomic mass is 9.88. The van der Waals surface area contributed by atoms with E-state index >= 15 is 0 Å². The van der Waals surface area contributed by atoms with Gasteiger partial charge in [-0.3, -0.25) is 19.4 Å². The van der Waals surface area contributed by atoms with E-state index in [0.29, 0.717) is 17.8 Å². The van der Waals surface area contributed by atoms with Gasteiger partial charge in [0.1, 0.15) is 4.99 Å². The average Bonchev–Trinajstić information content (AvgIpc) is 3.42. The van der Waals surface area contributed by atoms with E-state index in [1.54, 1.807) is 29.6 Å². The number of fused-ring (bicyclic) bond motifs is 2. The lowest BCUT2D eigenvalue weighted by Crippen LogP contribution is -2.54. The van der Waals surface area contributed by atoms with E-state index in [2.05, 4.69) is 27.7 Å². The third kappa shape index (κ3) is 5.80. The van der Waals surface area contributed by atoms with Crippen molar-refractivity contribution in [2.45, 2.75) is 96.2 Å². The van der Waals surface area contributed by atoms with Crippen LogP contribution in [-0.4, -0.2) is 65.4 Å². The number of hydrogen-bond acceptors (Lipinski definition) is 7. The highest BCUT2D eigenvalue weighted by Crippen LogP contribution is 2.43. The molecule has 2 amide bonds. The normalized spacial score (nSPS) is 25.7. The van der Waals surface area contributed by atoms with Crippen LogP contribution in [0.15, 0.2) is 22.0 Å². The highest BCUT2D eigenvalue weighted by molar-refractivity contribution is 8.03. The van der Waals surface area contributed by atoms with Gasteiger partial charge in [-0.05, 0) is 96.6 Å². The Hall–Kier alpha value is -0.740. The first-order valence-electron chi connectivity index (χ1n) is 13.1. The highest BCUT2D eigenvalue weighted by Gasteiger charge is 2.44. The van der Waals surface area contributed by atoms with Gasteiger partial charge in [0.2, 0.25) is 5.91 Å². The van der Waals surface area contributed by atoms with E-state index in [0.717, 1.165) is 64.8 Å². The van der Waals surface area contributed by atoms with Crippen LogP contribution >= 0.6 is 48.0 Å². The van der Waals surface area contributed by atoms with Crippen molar-refractivity contribution >= 4 is 69.8 Å². The standard InChI is InChI=1S/C27H38N2O3S4/c1-26(2,28-22(31)15-20-19(25(28)34)10-14-35-20)11-5-7-17(30)8-6-12-27(3,4)29-23(33)16-21-18(24(29)32)9-13-36-21/h15-19,30H,5-14H2,1-4H3. The molecule has 9 heteroatoms. The third-order valence-electron chi connectivity index (χ3n) is 7.91. The molecule has 0 aromatic rings. The molecule has 0 bridgehead atoms. The minimum absolute atomic E-state index is 0.00299. The van der Waals surface area contributed by atoms with Crippen LogP contribution in [0.3, 0.4) is 0 Å². The summed E-state index contributed by atoms with van der Waals surface area (Å²) in [5.74, 6) is 2.33. The Kier molecular flexibility index (Phi) is 8.77. The summed E-state index contributed by atoms with van der Waals surface area (Å²) in [5, 5.41) is 10.7. The maximum atomic E-state index is 13.1. The zero-order chi connectivity index (χ0) is 26.3. The molecule has 4 aliphatic heterocycles. The SMILES string of the molecule is CC(C)(CCCC(O)CCCC(C)(C)N1C(=O)C=C2SCCC2C1=S)N1C(=O)C2CCSC2=CC1=S. The predicted molar refractivity (Wildman–Crippen MR) is 158 cm³/mol. The Balaban J connectivity index is 1.23. The number of carbonyl (C=O) groups is 2. The number of thioether (sulfide) groups is 2. The molecule has 1 N–H and O–H groups in total. The first kappa shape index (κ1) is 28.3. The zero-order valence-electron chi connectivity index (χ0n) is 21.7. The Morgan fingerprint density at radius 1 is 0.917 bits per heavy atom. The van der Waals surface area contributed by atoms with E-state index in [-0.39, 0.29) is 34.7 Å². The number of nitrogens with zero attached hydrogens (tertiary/aromatic N) is 2. The molecule has 2 saturated heterocycles. The van der Waals surface area contributed by atoms with Crippen molar-refractivity contribution in [2.24, 2.45) is 11.8 Å². The smallest absolute Gasteiger partial charge is 0.252 e. The molecule has 3 atom stereocenters. The predicted octanol–water partition coefficient (Wildman–Crippen LogP) is 5.86. The van der Waals surface area contributed by atoms with Crippen LogP contribution in [0, 0.1) is 11.8 Å². The lowest BCUT2D eigenvalue weighted by Gasteiger charge is -2.42. The third-order valence-corrected chi connectivity index (χ3v) is 11.0. The van der Waals surface area contributed by atoms with E-state index in [4.69, 9.17) is 24.4 Å². The van der Waals surface area contributed by atoms with Crippen LogP contribution in [0.2, 0.25) is 0 Å². The molecule has 4 rings (SSSR count). The van der Waals surface area contributed by atoms with Crippen LogP contribution in [-0.2, 0) is 9.59 Å². The van der Waals surface area contributed by atoms with Crippen molar-refractivity contribution in [3.8, 4) is 0 Å². The van der Waals surface area contributed by atoms with Gasteiger partial charge < -0.3 is 5.11 Å². The molecule has 4 aliphatic rings. The van der Waals surface area contributed by atoms with Gasteiger partial charge in [0.25, 0.3) is 5.91 Å². The van der Waals surface area contributed by atoms with E-state index < -0.39 is 6.10 Å². The largest absolute Gasteiger partial charge is 0.393 e. The Morgan fingerprint density at radius 3 is 2.06 bits per heavy atom. The van der Waals surface area contributed by atoms with Gasteiger partial charge in [-0.15, -0.1) is 23.5 Å². The lowest BCUT2D eigenvalue weighted by molar-refractivity contribution is -0.134. The van der Waals surface area contributed by atoms with Gasteiger partial charge in [0.05, 0.1) is 17.0 Å². The monoisotopic (exact) mass is 566 g/mol. The fraction of sp³-hybridized carbons (Fsp3) is 0.704. The van der Waals surface area contributed by atoms with Crippen molar-refractivity contribution in [3.63, 3.8) is 0 Å². The summed E-state index contributed by atoms with van der Waals surface area (Å²) in [7, 11) is 0. The maximum absolute atomic E-state index is 13.1. The van der Waals surface area contributed by atoms with Crippen LogP contribution in [0.5, 0.6) is 0 Å². The average molecular weight is 567 g/mol. The molecule has 4 heterocycles. The molecular weight excluding hydrogens is 529 g/mol. The van der Waals surface area contributed by atoms with Crippen molar-refractivity contribution in [1.82, 2.24) is 9.80 Å². The maximum Gasteiger partial charge on any atom is 0.252 e. The fourth-order valence-corrected chi connectivity index (χ4v) is 9.46.